The van der Waals surface area contributed by atoms with E-state index in [1.165, 1.54) is 0 Å². The first-order chi connectivity index (χ1) is 5.65. The van der Waals surface area contributed by atoms with Gasteiger partial charge in [0.15, 0.2) is 0 Å². The molecular formula is C8H8INO2. The molecule has 3 N–H and O–H groups in total. The highest BCUT2D eigenvalue weighted by Crippen LogP contribution is 2.14. The summed E-state index contributed by atoms with van der Waals surface area (Å²) in [6, 6.07) is 5.09. The van der Waals surface area contributed by atoms with E-state index in [1.54, 1.807) is 18.2 Å². The molecular weight excluding hydrogens is 269 g/mol. The molecule has 0 unspecified atom stereocenters. The van der Waals surface area contributed by atoms with Crippen molar-refractivity contribution in [2.75, 3.05) is 0 Å². The summed E-state index contributed by atoms with van der Waals surface area (Å²) in [5.74, 6) is -0.900. The van der Waals surface area contributed by atoms with Crippen molar-refractivity contribution in [3.63, 3.8) is 0 Å². The minimum Gasteiger partial charge on any atom is -0.478 e. The van der Waals surface area contributed by atoms with Crippen molar-refractivity contribution in [3.05, 3.63) is 32.9 Å². The van der Waals surface area contributed by atoms with Gasteiger partial charge in [0.2, 0.25) is 0 Å². The summed E-state index contributed by atoms with van der Waals surface area (Å²) in [6.45, 7) is 0.440. The number of nitrogens with two attached hydrogens (primary N) is 1. The molecule has 0 spiro atoms. The Morgan fingerprint density at radius 3 is 2.67 bits per heavy atom. The average molecular weight is 277 g/mol. The van der Waals surface area contributed by atoms with E-state index in [2.05, 4.69) is 0 Å². The quantitative estimate of drug-likeness (QED) is 0.804. The number of benzene rings is 1. The monoisotopic (exact) mass is 277 g/mol. The lowest BCUT2D eigenvalue weighted by Gasteiger charge is -2.00. The molecule has 0 amide bonds. The summed E-state index contributed by atoms with van der Waals surface area (Å²) >= 11 is 1.99. The van der Waals surface area contributed by atoms with Crippen molar-refractivity contribution < 1.29 is 9.90 Å². The Morgan fingerprint density at radius 1 is 1.58 bits per heavy atom. The Kier molecular flexibility index (Phi) is 3.05. The Hall–Kier alpha value is -0.620. The largest absolute Gasteiger partial charge is 0.478 e. The highest BCUT2D eigenvalue weighted by molar-refractivity contribution is 14.1. The molecule has 3 nitrogen and oxygen atoms in total. The third kappa shape index (κ3) is 1.95. The summed E-state index contributed by atoms with van der Waals surface area (Å²) in [6.07, 6.45) is 0. The molecule has 64 valence electrons. The number of carboxylic acid groups (broad SMARTS) is 1. The van der Waals surface area contributed by atoms with Crippen LogP contribution in [0.5, 0.6) is 0 Å². The molecule has 0 saturated heterocycles. The van der Waals surface area contributed by atoms with Gasteiger partial charge >= 0.3 is 5.97 Å². The smallest absolute Gasteiger partial charge is 0.336 e. The standard InChI is InChI=1S/C8H8INO2/c9-7-3-5(4-10)1-2-6(7)8(11)12/h1-3H,4,10H2,(H,11,12). The first kappa shape index (κ1) is 9.47. The molecule has 1 rings (SSSR count). The van der Waals surface area contributed by atoms with Crippen LogP contribution in [0, 0.1) is 3.57 Å². The number of rotatable bonds is 2. The van der Waals surface area contributed by atoms with Gasteiger partial charge in [0.05, 0.1) is 5.56 Å². The SMILES string of the molecule is NCc1ccc(C(=O)O)c(I)c1. The molecule has 12 heavy (non-hydrogen) atoms. The van der Waals surface area contributed by atoms with Gasteiger partial charge in [0, 0.05) is 10.1 Å². The number of halogens is 1. The second kappa shape index (κ2) is 3.86. The highest BCUT2D eigenvalue weighted by Gasteiger charge is 2.07. The van der Waals surface area contributed by atoms with E-state index in [4.69, 9.17) is 10.8 Å². The molecule has 0 aliphatic carbocycles. The van der Waals surface area contributed by atoms with Gasteiger partial charge in [0.1, 0.15) is 0 Å². The molecule has 0 radical (unpaired) electrons. The van der Waals surface area contributed by atoms with E-state index < -0.39 is 5.97 Å². The zero-order chi connectivity index (χ0) is 9.14. The van der Waals surface area contributed by atoms with Crippen molar-refractivity contribution in [1.82, 2.24) is 0 Å². The van der Waals surface area contributed by atoms with Crippen molar-refractivity contribution >= 4 is 28.6 Å². The number of carboxylic acids is 1. The third-order valence-corrected chi connectivity index (χ3v) is 2.39. The Balaban J connectivity index is 3.12. The maximum atomic E-state index is 10.6. The molecule has 1 aromatic rings. The van der Waals surface area contributed by atoms with E-state index in [1.807, 2.05) is 22.6 Å². The fourth-order valence-corrected chi connectivity index (χ4v) is 1.67. The molecule has 0 aliphatic heterocycles. The van der Waals surface area contributed by atoms with Crippen LogP contribution in [-0.4, -0.2) is 11.1 Å². The molecule has 4 heteroatoms. The normalized spacial score (nSPS) is 9.83. The lowest BCUT2D eigenvalue weighted by atomic mass is 10.1. The van der Waals surface area contributed by atoms with Crippen LogP contribution < -0.4 is 5.73 Å². The average Bonchev–Trinajstić information content (AvgIpc) is 2.03. The van der Waals surface area contributed by atoms with Gasteiger partial charge < -0.3 is 10.8 Å². The van der Waals surface area contributed by atoms with Crippen molar-refractivity contribution in [3.8, 4) is 0 Å². The maximum absolute atomic E-state index is 10.6. The van der Waals surface area contributed by atoms with Gasteiger partial charge in [-0.25, -0.2) is 4.79 Å². The van der Waals surface area contributed by atoms with Crippen molar-refractivity contribution in [2.45, 2.75) is 6.54 Å². The highest BCUT2D eigenvalue weighted by atomic mass is 127. The number of hydrogen-bond acceptors (Lipinski definition) is 2. The zero-order valence-electron chi connectivity index (χ0n) is 6.25. The second-order valence-electron chi connectivity index (χ2n) is 2.32. The fraction of sp³-hybridized carbons (Fsp3) is 0.125. The van der Waals surface area contributed by atoms with E-state index in [0.717, 1.165) is 9.13 Å². The predicted octanol–water partition coefficient (Wildman–Crippen LogP) is 1.45. The molecule has 0 saturated carbocycles. The van der Waals surface area contributed by atoms with Gasteiger partial charge in [0.25, 0.3) is 0 Å². The minimum atomic E-state index is -0.900. The van der Waals surface area contributed by atoms with E-state index in [-0.39, 0.29) is 0 Å². The number of carbonyl (C=O) groups is 1. The molecule has 0 aliphatic rings. The van der Waals surface area contributed by atoms with Gasteiger partial charge in [-0.1, -0.05) is 6.07 Å². The first-order valence-electron chi connectivity index (χ1n) is 3.37. The zero-order valence-corrected chi connectivity index (χ0v) is 8.41. The summed E-state index contributed by atoms with van der Waals surface area (Å²) < 4.78 is 0.725. The molecule has 0 fully saturated rings. The molecule has 0 heterocycles. The Labute approximate surface area is 83.7 Å². The van der Waals surface area contributed by atoms with Gasteiger partial charge in [-0.15, -0.1) is 0 Å². The van der Waals surface area contributed by atoms with E-state index >= 15 is 0 Å². The summed E-state index contributed by atoms with van der Waals surface area (Å²) in [4.78, 5) is 10.6. The Morgan fingerprint density at radius 2 is 2.25 bits per heavy atom. The number of aromatic carboxylic acids is 1. The fourth-order valence-electron chi connectivity index (χ4n) is 0.859. The van der Waals surface area contributed by atoms with Crippen molar-refractivity contribution in [2.24, 2.45) is 5.73 Å². The van der Waals surface area contributed by atoms with Crippen LogP contribution in [0.3, 0.4) is 0 Å². The minimum absolute atomic E-state index is 0.327. The van der Waals surface area contributed by atoms with Crippen LogP contribution in [0.25, 0.3) is 0 Å². The topological polar surface area (TPSA) is 63.3 Å². The summed E-state index contributed by atoms with van der Waals surface area (Å²) in [7, 11) is 0. The molecule has 1 aromatic carbocycles. The molecule has 0 atom stereocenters. The van der Waals surface area contributed by atoms with E-state index in [0.29, 0.717) is 12.1 Å². The maximum Gasteiger partial charge on any atom is 0.336 e. The van der Waals surface area contributed by atoms with Crippen LogP contribution >= 0.6 is 22.6 Å². The third-order valence-electron chi connectivity index (χ3n) is 1.50. The van der Waals surface area contributed by atoms with Crippen LogP contribution in [0.4, 0.5) is 0 Å². The van der Waals surface area contributed by atoms with Gasteiger partial charge in [-0.2, -0.15) is 0 Å². The van der Waals surface area contributed by atoms with Crippen LogP contribution in [-0.2, 0) is 6.54 Å². The lowest BCUT2D eigenvalue weighted by Crippen LogP contribution is -2.02. The summed E-state index contributed by atoms with van der Waals surface area (Å²) in [5, 5.41) is 8.69. The first-order valence-corrected chi connectivity index (χ1v) is 4.45. The van der Waals surface area contributed by atoms with Crippen molar-refractivity contribution in [1.29, 1.82) is 0 Å². The van der Waals surface area contributed by atoms with Crippen LogP contribution in [0.2, 0.25) is 0 Å². The van der Waals surface area contributed by atoms with Gasteiger partial charge in [-0.3, -0.25) is 0 Å². The van der Waals surface area contributed by atoms with E-state index in [9.17, 15) is 4.79 Å². The molecule has 0 bridgehead atoms. The van der Waals surface area contributed by atoms with Gasteiger partial charge in [-0.05, 0) is 40.3 Å². The van der Waals surface area contributed by atoms with Crippen LogP contribution in [0.15, 0.2) is 18.2 Å². The Bertz CT molecular complexity index is 312. The second-order valence-corrected chi connectivity index (χ2v) is 3.49. The predicted molar refractivity (Wildman–Crippen MR) is 54.0 cm³/mol. The summed E-state index contributed by atoms with van der Waals surface area (Å²) in [5.41, 5.74) is 6.67. The number of hydrogen-bond donors (Lipinski definition) is 2. The van der Waals surface area contributed by atoms with Crippen LogP contribution in [0.1, 0.15) is 15.9 Å². The molecule has 0 aromatic heterocycles. The lowest BCUT2D eigenvalue weighted by molar-refractivity contribution is 0.0695.